The average molecular weight is 451 g/mol. The molecule has 0 nitrogen and oxygen atoms in total. The lowest BCUT2D eigenvalue weighted by atomic mass is 9.79. The fourth-order valence-electron chi connectivity index (χ4n) is 3.11. The summed E-state index contributed by atoms with van der Waals surface area (Å²) >= 11 is 24.2. The van der Waals surface area contributed by atoms with Crippen molar-refractivity contribution in [3.63, 3.8) is 0 Å². The van der Waals surface area contributed by atoms with Gasteiger partial charge in [-0.05, 0) is 60.7 Å². The maximum atomic E-state index is 13.9. The summed E-state index contributed by atoms with van der Waals surface area (Å²) < 4.78 is 41.8. The van der Waals surface area contributed by atoms with Gasteiger partial charge in [-0.1, -0.05) is 64.1 Å². The molecule has 1 aliphatic carbocycles. The van der Waals surface area contributed by atoms with E-state index in [9.17, 15) is 13.2 Å². The van der Waals surface area contributed by atoms with E-state index in [0.717, 1.165) is 0 Å². The van der Waals surface area contributed by atoms with Gasteiger partial charge in [-0.3, -0.25) is 0 Å². The minimum absolute atomic E-state index is 0.0301. The van der Waals surface area contributed by atoms with E-state index in [1.165, 1.54) is 25.1 Å². The molecule has 0 amide bonds. The number of benzene rings is 2. The number of hydrogen-bond donors (Lipinski definition) is 0. The summed E-state index contributed by atoms with van der Waals surface area (Å²) in [5.74, 6) is 0. The maximum Gasteiger partial charge on any atom is 0.416 e. The van der Waals surface area contributed by atoms with Crippen LogP contribution in [0.5, 0.6) is 0 Å². The second kappa shape index (κ2) is 7.71. The highest BCUT2D eigenvalue weighted by Crippen LogP contribution is 2.49. The maximum absolute atomic E-state index is 13.9. The van der Waals surface area contributed by atoms with Crippen molar-refractivity contribution in [2.75, 3.05) is 0 Å². The van der Waals surface area contributed by atoms with Gasteiger partial charge in [0.25, 0.3) is 0 Å². The quantitative estimate of drug-likeness (QED) is 0.429. The lowest BCUT2D eigenvalue weighted by Crippen LogP contribution is -2.19. The van der Waals surface area contributed by atoms with E-state index in [2.05, 4.69) is 0 Å². The molecule has 7 heteroatoms. The topological polar surface area (TPSA) is 0 Å². The lowest BCUT2D eigenvalue weighted by Gasteiger charge is -2.28. The van der Waals surface area contributed by atoms with Crippen LogP contribution in [-0.2, 0) is 0 Å². The summed E-state index contributed by atoms with van der Waals surface area (Å²) in [5, 5.41) is 1.08. The Labute approximate surface area is 175 Å². The first-order chi connectivity index (χ1) is 12.6. The first kappa shape index (κ1) is 20.6. The van der Waals surface area contributed by atoms with Crippen LogP contribution in [0.3, 0.4) is 0 Å². The first-order valence-corrected chi connectivity index (χ1v) is 9.36. The molecule has 0 fully saturated rings. The summed E-state index contributed by atoms with van der Waals surface area (Å²) in [5.41, 5.74) is 0.738. The van der Waals surface area contributed by atoms with Crippen molar-refractivity contribution >= 4 is 57.5 Å². The predicted molar refractivity (Wildman–Crippen MR) is 107 cm³/mol. The molecule has 1 radical (unpaired) electrons. The molecule has 0 heterocycles. The van der Waals surface area contributed by atoms with Crippen molar-refractivity contribution in [1.29, 1.82) is 0 Å². The summed E-state index contributed by atoms with van der Waals surface area (Å²) in [4.78, 5) is 0. The van der Waals surface area contributed by atoms with Crippen LogP contribution in [0.4, 0.5) is 13.2 Å². The molecule has 27 heavy (non-hydrogen) atoms. The van der Waals surface area contributed by atoms with Gasteiger partial charge >= 0.3 is 6.18 Å². The molecule has 141 valence electrons. The highest BCUT2D eigenvalue weighted by atomic mass is 35.5. The van der Waals surface area contributed by atoms with Crippen LogP contribution in [0.2, 0.25) is 20.1 Å². The molecule has 0 N–H and O–H groups in total. The zero-order valence-electron chi connectivity index (χ0n) is 13.9. The molecule has 0 saturated carbocycles. The van der Waals surface area contributed by atoms with Crippen molar-refractivity contribution in [2.24, 2.45) is 0 Å². The predicted octanol–water partition coefficient (Wildman–Crippen LogP) is 8.70. The second-order valence-corrected chi connectivity index (χ2v) is 7.73. The Kier molecular flexibility index (Phi) is 5.88. The molecule has 1 aliphatic rings. The van der Waals surface area contributed by atoms with Gasteiger partial charge in [0.15, 0.2) is 0 Å². The number of allylic oxidation sites excluding steroid dienone is 4. The van der Waals surface area contributed by atoms with Crippen molar-refractivity contribution in [3.8, 4) is 0 Å². The zero-order chi connectivity index (χ0) is 19.9. The van der Waals surface area contributed by atoms with Crippen LogP contribution in [-0.4, -0.2) is 6.18 Å². The Morgan fingerprint density at radius 2 is 1.56 bits per heavy atom. The third-order valence-electron chi connectivity index (χ3n) is 4.31. The van der Waals surface area contributed by atoms with Gasteiger partial charge in [0.1, 0.15) is 0 Å². The Bertz CT molecular complexity index is 972. The highest BCUT2D eigenvalue weighted by molar-refractivity contribution is 6.42. The van der Waals surface area contributed by atoms with Gasteiger partial charge in [0.05, 0.1) is 15.6 Å². The van der Waals surface area contributed by atoms with E-state index < -0.39 is 11.7 Å². The van der Waals surface area contributed by atoms with Crippen molar-refractivity contribution in [1.82, 2.24) is 0 Å². The molecule has 0 bridgehead atoms. The Hall–Kier alpha value is -1.13. The molecule has 0 saturated heterocycles. The van der Waals surface area contributed by atoms with Gasteiger partial charge in [-0.25, -0.2) is 0 Å². The van der Waals surface area contributed by atoms with Crippen LogP contribution in [0.1, 0.15) is 24.5 Å². The smallest absolute Gasteiger partial charge is 0.166 e. The summed E-state index contributed by atoms with van der Waals surface area (Å²) in [6, 6.07) is 9.22. The normalized spacial score (nSPS) is 15.6. The van der Waals surface area contributed by atoms with Gasteiger partial charge in [0.2, 0.25) is 0 Å². The SMILES string of the molecule is CC1=C(C(F)(F)F)C(c2ccc(Cl)cc2Cl)=C(c2ccc(Cl)c(Cl)c2)C[CH]1. The third kappa shape index (κ3) is 4.17. The van der Waals surface area contributed by atoms with Crippen molar-refractivity contribution < 1.29 is 13.2 Å². The van der Waals surface area contributed by atoms with E-state index >= 15 is 0 Å². The standard InChI is InChI=1S/C20H12Cl4F3/c1-10-2-5-13(11-3-7-15(22)17(24)8-11)18(19(10)20(25,26)27)14-6-4-12(21)9-16(14)23/h2-4,6-9H,5H2,1H3. The molecule has 0 unspecified atom stereocenters. The van der Waals surface area contributed by atoms with Crippen LogP contribution < -0.4 is 0 Å². The molecular weight excluding hydrogens is 439 g/mol. The van der Waals surface area contributed by atoms with E-state index in [4.69, 9.17) is 46.4 Å². The fourth-order valence-corrected chi connectivity index (χ4v) is 3.91. The Morgan fingerprint density at radius 3 is 2.15 bits per heavy atom. The van der Waals surface area contributed by atoms with Crippen LogP contribution in [0, 0.1) is 6.42 Å². The highest BCUT2D eigenvalue weighted by Gasteiger charge is 2.41. The van der Waals surface area contributed by atoms with Crippen molar-refractivity contribution in [2.45, 2.75) is 19.5 Å². The lowest BCUT2D eigenvalue weighted by molar-refractivity contribution is -0.0878. The first-order valence-electron chi connectivity index (χ1n) is 7.85. The van der Waals surface area contributed by atoms with Gasteiger partial charge in [0, 0.05) is 15.6 Å². The number of alkyl halides is 3. The zero-order valence-corrected chi connectivity index (χ0v) is 16.9. The number of rotatable bonds is 2. The van der Waals surface area contributed by atoms with E-state index in [1.807, 2.05) is 0 Å². The van der Waals surface area contributed by atoms with Gasteiger partial charge < -0.3 is 0 Å². The summed E-state index contributed by atoms with van der Waals surface area (Å²) in [7, 11) is 0. The number of hydrogen-bond acceptors (Lipinski definition) is 0. The average Bonchev–Trinajstić information content (AvgIpc) is 2.56. The van der Waals surface area contributed by atoms with Crippen molar-refractivity contribution in [3.05, 3.63) is 85.2 Å². The summed E-state index contributed by atoms with van der Waals surface area (Å²) in [6.45, 7) is 1.44. The summed E-state index contributed by atoms with van der Waals surface area (Å²) in [6.07, 6.45) is -2.70. The van der Waals surface area contributed by atoms with Gasteiger partial charge in [-0.2, -0.15) is 13.2 Å². The van der Waals surface area contributed by atoms with E-state index in [-0.39, 0.29) is 26.8 Å². The molecule has 0 spiro atoms. The fraction of sp³-hybridized carbons (Fsp3) is 0.150. The molecule has 3 rings (SSSR count). The van der Waals surface area contributed by atoms with E-state index in [0.29, 0.717) is 27.6 Å². The molecule has 0 atom stereocenters. The minimum Gasteiger partial charge on any atom is -0.166 e. The molecule has 2 aromatic rings. The van der Waals surface area contributed by atoms with E-state index in [1.54, 1.807) is 24.6 Å². The monoisotopic (exact) mass is 449 g/mol. The van der Waals surface area contributed by atoms with Crippen LogP contribution in [0.25, 0.3) is 11.1 Å². The second-order valence-electron chi connectivity index (χ2n) is 6.07. The van der Waals surface area contributed by atoms with Gasteiger partial charge in [-0.15, -0.1) is 0 Å². The molecule has 2 aromatic carbocycles. The number of halogens is 7. The minimum atomic E-state index is -4.55. The molecular formula is C20H12Cl4F3. The molecule has 0 aromatic heterocycles. The Morgan fingerprint density at radius 1 is 0.852 bits per heavy atom. The largest absolute Gasteiger partial charge is 0.416 e. The van der Waals surface area contributed by atoms with Crippen LogP contribution >= 0.6 is 46.4 Å². The third-order valence-corrected chi connectivity index (χ3v) is 5.60. The van der Waals surface area contributed by atoms with Crippen LogP contribution in [0.15, 0.2) is 47.5 Å². The Balaban J connectivity index is 2.36. The molecule has 0 aliphatic heterocycles.